The Morgan fingerprint density at radius 1 is 1.05 bits per heavy atom. The smallest absolute Gasteiger partial charge is 0.139 e. The van der Waals surface area contributed by atoms with Gasteiger partial charge in [0.1, 0.15) is 5.78 Å². The minimum absolute atomic E-state index is 0.0471. The quantitative estimate of drug-likeness (QED) is 0.627. The number of allylic oxidation sites excluding steroid dienone is 6. The number of hydrogen-bond donors (Lipinski definition) is 0. The first-order valence-electron chi connectivity index (χ1n) is 8.18. The summed E-state index contributed by atoms with van der Waals surface area (Å²) < 4.78 is 0. The fourth-order valence-electron chi connectivity index (χ4n) is 5.43. The molecule has 4 rings (SSSR count). The predicted molar refractivity (Wildman–Crippen MR) is 81.2 cm³/mol. The van der Waals surface area contributed by atoms with E-state index in [1.165, 1.54) is 24.8 Å². The van der Waals surface area contributed by atoms with Gasteiger partial charge in [-0.2, -0.15) is 0 Å². The molecule has 0 heterocycles. The van der Waals surface area contributed by atoms with Crippen LogP contribution in [0.3, 0.4) is 0 Å². The highest BCUT2D eigenvalue weighted by Gasteiger charge is 2.55. The second-order valence-electron chi connectivity index (χ2n) is 7.67. The van der Waals surface area contributed by atoms with Crippen LogP contribution in [0, 0.1) is 22.7 Å². The normalized spacial score (nSPS) is 46.2. The number of fused-ring (bicyclic) bond motifs is 5. The fraction of sp³-hybridized carbons (Fsp3) is 0.632. The molecule has 0 amide bonds. The Morgan fingerprint density at radius 3 is 2.70 bits per heavy atom. The molecule has 4 aliphatic rings. The van der Waals surface area contributed by atoms with Crippen molar-refractivity contribution in [2.75, 3.05) is 0 Å². The summed E-state index contributed by atoms with van der Waals surface area (Å²) in [6.45, 7) is 4.69. The molecule has 4 aliphatic carbocycles. The van der Waals surface area contributed by atoms with Gasteiger partial charge in [0.15, 0.2) is 0 Å². The van der Waals surface area contributed by atoms with Crippen molar-refractivity contribution in [3.63, 3.8) is 0 Å². The number of hydrogen-bond acceptors (Lipinski definition) is 1. The first kappa shape index (κ1) is 12.6. The zero-order chi connectivity index (χ0) is 14.0. The number of rotatable bonds is 0. The van der Waals surface area contributed by atoms with E-state index in [2.05, 4.69) is 38.2 Å². The van der Waals surface area contributed by atoms with Crippen molar-refractivity contribution >= 4 is 5.78 Å². The standard InChI is InChI=1S/C19H24O/c1-18-11-4-3-5-13(18)6-7-14-15-8-9-17(20)19(15,2)12-10-16(14)18/h3,5-7,15-16H,4,8-12H2,1-2H3/t15-,16-,18-,19-/m0/s1. The molecule has 20 heavy (non-hydrogen) atoms. The lowest BCUT2D eigenvalue weighted by Gasteiger charge is -2.51. The third-order valence-electron chi connectivity index (χ3n) is 6.83. The van der Waals surface area contributed by atoms with Crippen LogP contribution in [-0.2, 0) is 4.79 Å². The minimum atomic E-state index is -0.0471. The SMILES string of the molecule is C[C@]12CCC=CC1=CC=C1[C@@H]2CC[C@]2(C)C(=O)CC[C@@H]12. The molecule has 1 nitrogen and oxygen atoms in total. The van der Waals surface area contributed by atoms with Crippen molar-refractivity contribution in [1.29, 1.82) is 0 Å². The zero-order valence-corrected chi connectivity index (χ0v) is 12.6. The molecule has 0 radical (unpaired) electrons. The summed E-state index contributed by atoms with van der Waals surface area (Å²) in [4.78, 5) is 12.3. The van der Waals surface area contributed by atoms with Gasteiger partial charge in [0.2, 0.25) is 0 Å². The lowest BCUT2D eigenvalue weighted by atomic mass is 9.52. The van der Waals surface area contributed by atoms with Gasteiger partial charge in [-0.05, 0) is 54.9 Å². The van der Waals surface area contributed by atoms with Crippen molar-refractivity contribution < 1.29 is 4.79 Å². The Bertz CT molecular complexity index is 564. The molecule has 0 aromatic rings. The molecule has 2 saturated carbocycles. The maximum atomic E-state index is 12.3. The summed E-state index contributed by atoms with van der Waals surface area (Å²) in [6.07, 6.45) is 16.0. The largest absolute Gasteiger partial charge is 0.299 e. The van der Waals surface area contributed by atoms with E-state index in [1.807, 2.05) is 0 Å². The fourth-order valence-corrected chi connectivity index (χ4v) is 5.43. The molecule has 0 N–H and O–H groups in total. The predicted octanol–water partition coefficient (Wildman–Crippen LogP) is 4.60. The van der Waals surface area contributed by atoms with Gasteiger partial charge in [-0.3, -0.25) is 4.79 Å². The van der Waals surface area contributed by atoms with Gasteiger partial charge in [0, 0.05) is 11.8 Å². The summed E-state index contributed by atoms with van der Waals surface area (Å²) >= 11 is 0. The molecule has 4 atom stereocenters. The molecule has 0 saturated heterocycles. The van der Waals surface area contributed by atoms with Crippen LogP contribution in [0.15, 0.2) is 35.5 Å². The number of carbonyl (C=O) groups excluding carboxylic acids is 1. The summed E-state index contributed by atoms with van der Waals surface area (Å²) in [5, 5.41) is 0. The van der Waals surface area contributed by atoms with Crippen LogP contribution in [0.2, 0.25) is 0 Å². The zero-order valence-electron chi connectivity index (χ0n) is 12.6. The van der Waals surface area contributed by atoms with E-state index in [9.17, 15) is 4.79 Å². The van der Waals surface area contributed by atoms with Crippen molar-refractivity contribution in [3.8, 4) is 0 Å². The maximum Gasteiger partial charge on any atom is 0.139 e. The summed E-state index contributed by atoms with van der Waals surface area (Å²) in [5.41, 5.74) is 3.40. The highest BCUT2D eigenvalue weighted by molar-refractivity contribution is 5.88. The molecule has 106 valence electrons. The number of carbonyl (C=O) groups is 1. The van der Waals surface area contributed by atoms with Gasteiger partial charge in [-0.15, -0.1) is 0 Å². The van der Waals surface area contributed by atoms with Crippen molar-refractivity contribution in [1.82, 2.24) is 0 Å². The van der Waals surface area contributed by atoms with E-state index in [4.69, 9.17) is 0 Å². The molecule has 2 fully saturated rings. The van der Waals surface area contributed by atoms with E-state index in [1.54, 1.807) is 5.57 Å². The third kappa shape index (κ3) is 1.42. The number of Topliss-reactive ketones (excluding diaryl/α,β-unsaturated/α-hetero) is 1. The van der Waals surface area contributed by atoms with Crippen LogP contribution in [0.1, 0.15) is 52.4 Å². The first-order chi connectivity index (χ1) is 9.56. The highest BCUT2D eigenvalue weighted by atomic mass is 16.1. The van der Waals surface area contributed by atoms with Gasteiger partial charge in [0.05, 0.1) is 0 Å². The molecule has 0 spiro atoms. The van der Waals surface area contributed by atoms with E-state index in [0.717, 1.165) is 19.3 Å². The van der Waals surface area contributed by atoms with Gasteiger partial charge in [-0.25, -0.2) is 0 Å². The average molecular weight is 268 g/mol. The molecule has 0 unspecified atom stereocenters. The van der Waals surface area contributed by atoms with Crippen LogP contribution < -0.4 is 0 Å². The summed E-state index contributed by atoms with van der Waals surface area (Å²) in [7, 11) is 0. The van der Waals surface area contributed by atoms with E-state index < -0.39 is 0 Å². The van der Waals surface area contributed by atoms with Crippen LogP contribution in [0.5, 0.6) is 0 Å². The van der Waals surface area contributed by atoms with Gasteiger partial charge in [0.25, 0.3) is 0 Å². The minimum Gasteiger partial charge on any atom is -0.299 e. The molecule has 0 aromatic carbocycles. The average Bonchev–Trinajstić information content (AvgIpc) is 2.74. The van der Waals surface area contributed by atoms with E-state index in [-0.39, 0.29) is 5.41 Å². The first-order valence-corrected chi connectivity index (χ1v) is 8.18. The number of ketones is 1. The Kier molecular flexibility index (Phi) is 2.50. The van der Waals surface area contributed by atoms with Gasteiger partial charge >= 0.3 is 0 Å². The third-order valence-corrected chi connectivity index (χ3v) is 6.83. The van der Waals surface area contributed by atoms with E-state index >= 15 is 0 Å². The Balaban J connectivity index is 1.80. The molecule has 0 bridgehead atoms. The monoisotopic (exact) mass is 268 g/mol. The van der Waals surface area contributed by atoms with Crippen molar-refractivity contribution in [2.45, 2.75) is 52.4 Å². The maximum absolute atomic E-state index is 12.3. The second kappa shape index (κ2) is 3.96. The molecular formula is C19H24O. The summed E-state index contributed by atoms with van der Waals surface area (Å²) in [6, 6.07) is 0. The second-order valence-corrected chi connectivity index (χ2v) is 7.67. The Hall–Kier alpha value is -1.11. The van der Waals surface area contributed by atoms with Gasteiger partial charge in [-0.1, -0.05) is 43.7 Å². The molecule has 0 aromatic heterocycles. The highest BCUT2D eigenvalue weighted by Crippen LogP contribution is 2.61. The van der Waals surface area contributed by atoms with Gasteiger partial charge < -0.3 is 0 Å². The van der Waals surface area contributed by atoms with E-state index in [0.29, 0.717) is 23.0 Å². The van der Waals surface area contributed by atoms with Crippen LogP contribution in [-0.4, -0.2) is 5.78 Å². The molecular weight excluding hydrogens is 244 g/mol. The summed E-state index contributed by atoms with van der Waals surface area (Å²) in [5.74, 6) is 1.72. The van der Waals surface area contributed by atoms with Crippen molar-refractivity contribution in [2.24, 2.45) is 22.7 Å². The molecule has 0 aliphatic heterocycles. The Labute approximate surface area is 121 Å². The molecule has 1 heteroatoms. The van der Waals surface area contributed by atoms with Crippen molar-refractivity contribution in [3.05, 3.63) is 35.5 Å². The lowest BCUT2D eigenvalue weighted by molar-refractivity contribution is -0.127. The topological polar surface area (TPSA) is 17.1 Å². The van der Waals surface area contributed by atoms with Crippen LogP contribution in [0.25, 0.3) is 0 Å². The van der Waals surface area contributed by atoms with Crippen LogP contribution >= 0.6 is 0 Å². The van der Waals surface area contributed by atoms with Crippen LogP contribution in [0.4, 0.5) is 0 Å². The lowest BCUT2D eigenvalue weighted by Crippen LogP contribution is -2.44. The Morgan fingerprint density at radius 2 is 1.85 bits per heavy atom.